The monoisotopic (exact) mass is 503 g/mol. The molecular weight excluding hydrogens is 476 g/mol. The Balaban J connectivity index is 2.09. The van der Waals surface area contributed by atoms with Gasteiger partial charge in [-0.3, -0.25) is 5.01 Å². The van der Waals surface area contributed by atoms with Crippen LogP contribution in [0.4, 0.5) is 14.5 Å². The zero-order chi connectivity index (χ0) is 24.8. The average molecular weight is 504 g/mol. The first kappa shape index (κ1) is 25.8. The lowest BCUT2D eigenvalue weighted by atomic mass is 10.0. The number of hydrogen-bond acceptors (Lipinski definition) is 5. The number of nitrogens with zero attached hydrogens (tertiary/aromatic N) is 3. The Labute approximate surface area is 208 Å². The molecule has 0 heterocycles. The SMILES string of the molecule is CCN(N)/C(CN(Sc1cc(C)cc(C)c1)c1ccc(Cl)cc1Cc1c(F)cccc1F)=N\N. The largest absolute Gasteiger partial charge is 0.321 e. The summed E-state index contributed by atoms with van der Waals surface area (Å²) in [7, 11) is 0. The molecule has 34 heavy (non-hydrogen) atoms. The Kier molecular flexibility index (Phi) is 8.77. The average Bonchev–Trinajstić information content (AvgIpc) is 2.78. The van der Waals surface area contributed by atoms with Crippen LogP contribution >= 0.6 is 23.5 Å². The quantitative estimate of drug-likeness (QED) is 0.133. The number of anilines is 1. The molecule has 0 aliphatic heterocycles. The number of hydrazine groups is 1. The van der Waals surface area contributed by atoms with E-state index in [1.54, 1.807) is 12.1 Å². The number of likely N-dealkylation sites (N-methyl/N-ethyl adjacent to an activating group) is 1. The highest BCUT2D eigenvalue weighted by molar-refractivity contribution is 8.00. The Morgan fingerprint density at radius 3 is 2.26 bits per heavy atom. The van der Waals surface area contributed by atoms with E-state index in [9.17, 15) is 8.78 Å². The van der Waals surface area contributed by atoms with E-state index in [4.69, 9.17) is 23.3 Å². The smallest absolute Gasteiger partial charge is 0.159 e. The minimum atomic E-state index is -0.609. The predicted octanol–water partition coefficient (Wildman–Crippen LogP) is 5.81. The first-order valence-electron chi connectivity index (χ1n) is 10.8. The molecule has 0 aromatic heterocycles. The molecule has 5 nitrogen and oxygen atoms in total. The summed E-state index contributed by atoms with van der Waals surface area (Å²) in [5.41, 5.74) is 3.60. The van der Waals surface area contributed by atoms with Gasteiger partial charge in [0.1, 0.15) is 11.6 Å². The van der Waals surface area contributed by atoms with Crippen molar-refractivity contribution < 1.29 is 8.78 Å². The van der Waals surface area contributed by atoms with Crippen molar-refractivity contribution in [3.05, 3.63) is 93.5 Å². The van der Waals surface area contributed by atoms with E-state index < -0.39 is 11.6 Å². The molecule has 0 spiro atoms. The van der Waals surface area contributed by atoms with Crippen molar-refractivity contribution in [3.63, 3.8) is 0 Å². The highest BCUT2D eigenvalue weighted by Gasteiger charge is 2.20. The molecule has 4 N–H and O–H groups in total. The zero-order valence-corrected chi connectivity index (χ0v) is 20.9. The summed E-state index contributed by atoms with van der Waals surface area (Å²) >= 11 is 7.76. The molecule has 0 radical (unpaired) electrons. The molecule has 0 aliphatic rings. The minimum Gasteiger partial charge on any atom is -0.321 e. The van der Waals surface area contributed by atoms with E-state index in [1.165, 1.54) is 35.2 Å². The van der Waals surface area contributed by atoms with Gasteiger partial charge in [0.15, 0.2) is 5.84 Å². The van der Waals surface area contributed by atoms with Crippen molar-refractivity contribution in [2.75, 3.05) is 17.4 Å². The van der Waals surface area contributed by atoms with Gasteiger partial charge in [0, 0.05) is 28.4 Å². The maximum absolute atomic E-state index is 14.5. The van der Waals surface area contributed by atoms with Crippen molar-refractivity contribution in [1.29, 1.82) is 0 Å². The number of hydrogen-bond donors (Lipinski definition) is 2. The predicted molar refractivity (Wildman–Crippen MR) is 138 cm³/mol. The van der Waals surface area contributed by atoms with Gasteiger partial charge in [0.05, 0.1) is 12.2 Å². The van der Waals surface area contributed by atoms with Gasteiger partial charge in [0.2, 0.25) is 0 Å². The summed E-state index contributed by atoms with van der Waals surface area (Å²) in [5.74, 6) is 11.0. The van der Waals surface area contributed by atoms with Gasteiger partial charge in [-0.15, -0.1) is 0 Å². The molecular formula is C25H28ClF2N5S. The summed E-state index contributed by atoms with van der Waals surface area (Å²) in [6.45, 7) is 6.71. The van der Waals surface area contributed by atoms with Crippen molar-refractivity contribution in [2.45, 2.75) is 32.1 Å². The van der Waals surface area contributed by atoms with Crippen LogP contribution in [0.5, 0.6) is 0 Å². The molecule has 3 rings (SSSR count). The highest BCUT2D eigenvalue weighted by atomic mass is 35.5. The number of nitrogens with two attached hydrogens (primary N) is 2. The van der Waals surface area contributed by atoms with Gasteiger partial charge in [0.25, 0.3) is 0 Å². The first-order valence-corrected chi connectivity index (χ1v) is 11.9. The van der Waals surface area contributed by atoms with Crippen LogP contribution in [0, 0.1) is 25.5 Å². The van der Waals surface area contributed by atoms with Gasteiger partial charge in [-0.05, 0) is 91.9 Å². The summed E-state index contributed by atoms with van der Waals surface area (Å²) in [4.78, 5) is 0.993. The number of aryl methyl sites for hydroxylation is 2. The highest BCUT2D eigenvalue weighted by Crippen LogP contribution is 2.35. The van der Waals surface area contributed by atoms with Gasteiger partial charge in [-0.2, -0.15) is 5.10 Å². The van der Waals surface area contributed by atoms with E-state index in [0.717, 1.165) is 21.7 Å². The third-order valence-electron chi connectivity index (χ3n) is 5.26. The molecule has 9 heteroatoms. The second kappa shape index (κ2) is 11.6. The molecule has 0 aliphatic carbocycles. The van der Waals surface area contributed by atoms with Crippen LogP contribution in [0.3, 0.4) is 0 Å². The van der Waals surface area contributed by atoms with Crippen LogP contribution in [-0.2, 0) is 6.42 Å². The number of halogens is 3. The topological polar surface area (TPSA) is 70.9 Å². The molecule has 3 aromatic carbocycles. The first-order chi connectivity index (χ1) is 16.2. The molecule has 3 aromatic rings. The summed E-state index contributed by atoms with van der Waals surface area (Å²) < 4.78 is 30.9. The van der Waals surface area contributed by atoms with Crippen molar-refractivity contribution >= 4 is 35.1 Å². The van der Waals surface area contributed by atoms with E-state index in [0.29, 0.717) is 23.0 Å². The molecule has 0 unspecified atom stereocenters. The van der Waals surface area contributed by atoms with E-state index in [1.807, 2.05) is 31.1 Å². The summed E-state index contributed by atoms with van der Waals surface area (Å²) in [6, 6.07) is 15.4. The minimum absolute atomic E-state index is 0.0214. The van der Waals surface area contributed by atoms with Crippen LogP contribution < -0.4 is 16.0 Å². The zero-order valence-electron chi connectivity index (χ0n) is 19.4. The number of hydrazone groups is 1. The number of amidine groups is 1. The number of benzene rings is 3. The molecule has 0 bridgehead atoms. The van der Waals surface area contributed by atoms with Crippen LogP contribution in [0.15, 0.2) is 64.6 Å². The fourth-order valence-corrected chi connectivity index (χ4v) is 5.01. The normalized spacial score (nSPS) is 11.6. The van der Waals surface area contributed by atoms with Gasteiger partial charge in [-0.25, -0.2) is 14.6 Å². The second-order valence-electron chi connectivity index (χ2n) is 7.93. The van der Waals surface area contributed by atoms with Crippen molar-refractivity contribution in [1.82, 2.24) is 5.01 Å². The van der Waals surface area contributed by atoms with Crippen LogP contribution in [0.1, 0.15) is 29.2 Å². The summed E-state index contributed by atoms with van der Waals surface area (Å²) in [6.07, 6.45) is 0.0214. The lowest BCUT2D eigenvalue weighted by molar-refractivity contribution is 0.457. The lowest BCUT2D eigenvalue weighted by Crippen LogP contribution is -2.43. The van der Waals surface area contributed by atoms with Gasteiger partial charge < -0.3 is 10.1 Å². The molecule has 0 atom stereocenters. The molecule has 0 fully saturated rings. The van der Waals surface area contributed by atoms with Crippen molar-refractivity contribution in [2.24, 2.45) is 16.8 Å². The number of rotatable bonds is 8. The Hall–Kier alpha value is -2.81. The standard InChI is InChI=1S/C25H28ClF2N5S/c1-4-32(30)25(31-29)15-33(34-20-11-16(2)10-17(3)12-20)24-9-8-19(26)13-18(24)14-21-22(27)6-5-7-23(21)28/h5-13H,4,14-15,29-30H2,1-3H3/b31-25-. The Morgan fingerprint density at radius 1 is 1.03 bits per heavy atom. The third kappa shape index (κ3) is 6.40. The molecule has 180 valence electrons. The van der Waals surface area contributed by atoms with Crippen LogP contribution in [0.2, 0.25) is 5.02 Å². The second-order valence-corrected chi connectivity index (χ2v) is 9.46. The van der Waals surface area contributed by atoms with E-state index >= 15 is 0 Å². The van der Waals surface area contributed by atoms with Crippen LogP contribution in [-0.4, -0.2) is 23.9 Å². The fourth-order valence-electron chi connectivity index (χ4n) is 3.63. The molecule has 0 amide bonds. The Morgan fingerprint density at radius 2 is 1.68 bits per heavy atom. The van der Waals surface area contributed by atoms with E-state index in [2.05, 4.69) is 23.3 Å². The summed E-state index contributed by atoms with van der Waals surface area (Å²) in [5, 5.41) is 5.80. The maximum Gasteiger partial charge on any atom is 0.159 e. The molecule has 0 saturated heterocycles. The van der Waals surface area contributed by atoms with E-state index in [-0.39, 0.29) is 18.5 Å². The molecule has 0 saturated carbocycles. The maximum atomic E-state index is 14.5. The third-order valence-corrected chi connectivity index (χ3v) is 6.48. The van der Waals surface area contributed by atoms with Crippen molar-refractivity contribution in [3.8, 4) is 0 Å². The lowest BCUT2D eigenvalue weighted by Gasteiger charge is -2.29. The fraction of sp³-hybridized carbons (Fsp3) is 0.240. The van der Waals surface area contributed by atoms with Crippen LogP contribution in [0.25, 0.3) is 0 Å². The van der Waals surface area contributed by atoms with Gasteiger partial charge >= 0.3 is 0 Å². The Bertz CT molecular complexity index is 1150. The van der Waals surface area contributed by atoms with Gasteiger partial charge in [-0.1, -0.05) is 23.7 Å².